The van der Waals surface area contributed by atoms with Crippen molar-refractivity contribution in [3.63, 3.8) is 0 Å². The highest BCUT2D eigenvalue weighted by Gasteiger charge is 2.33. The molecule has 4 nitrogen and oxygen atoms in total. The smallest absolute Gasteiger partial charge is 0.162 e. The minimum absolute atomic E-state index is 0.203. The lowest BCUT2D eigenvalue weighted by molar-refractivity contribution is -0.0924. The summed E-state index contributed by atoms with van der Waals surface area (Å²) in [7, 11) is 0. The summed E-state index contributed by atoms with van der Waals surface area (Å²) in [6.07, 6.45) is 0. The largest absolute Gasteiger partial charge is 0.380 e. The van der Waals surface area contributed by atoms with E-state index in [2.05, 4.69) is 34.7 Å². The lowest BCUT2D eigenvalue weighted by Crippen LogP contribution is -2.45. The highest BCUT2D eigenvalue weighted by Crippen LogP contribution is 2.29. The summed E-state index contributed by atoms with van der Waals surface area (Å²) < 4.78 is 5.33. The molecule has 3 heterocycles. The Labute approximate surface area is 133 Å². The molecule has 0 bridgehead atoms. The maximum Gasteiger partial charge on any atom is 0.162 e. The van der Waals surface area contributed by atoms with Crippen LogP contribution in [0.4, 0.5) is 5.82 Å². The Hall–Kier alpha value is -1.98. The molecule has 3 aromatic rings. The summed E-state index contributed by atoms with van der Waals surface area (Å²) >= 11 is 1.66. The van der Waals surface area contributed by atoms with Crippen LogP contribution in [0.5, 0.6) is 0 Å². The third kappa shape index (κ3) is 2.46. The summed E-state index contributed by atoms with van der Waals surface area (Å²) in [5, 5.41) is 8.69. The lowest BCUT2D eigenvalue weighted by Gasteiger charge is -2.38. The first kappa shape index (κ1) is 13.7. The molecule has 5 heteroatoms. The molecule has 1 fully saturated rings. The monoisotopic (exact) mass is 311 g/mol. The van der Waals surface area contributed by atoms with Crippen molar-refractivity contribution in [1.82, 2.24) is 9.97 Å². The summed E-state index contributed by atoms with van der Waals surface area (Å²) in [6.45, 7) is 4.70. The predicted molar refractivity (Wildman–Crippen MR) is 90.3 cm³/mol. The zero-order valence-corrected chi connectivity index (χ0v) is 13.2. The maximum atomic E-state index is 5.33. The standard InChI is InChI=1S/C17H17N3OS/c1-17(10-21-11-17)9-18-16-13-4-2-3-5-14(13)19-15(20-16)12-6-7-22-8-12/h2-8H,9-11H2,1H3,(H,18,19,20). The second kappa shape index (κ2) is 5.34. The number of rotatable bonds is 4. The third-order valence-corrected chi connectivity index (χ3v) is 4.65. The number of hydrogen-bond acceptors (Lipinski definition) is 5. The average Bonchev–Trinajstić information content (AvgIpc) is 3.05. The minimum Gasteiger partial charge on any atom is -0.380 e. The second-order valence-electron chi connectivity index (χ2n) is 6.08. The van der Waals surface area contributed by atoms with Crippen molar-refractivity contribution in [2.24, 2.45) is 5.41 Å². The maximum absolute atomic E-state index is 5.33. The van der Waals surface area contributed by atoms with Gasteiger partial charge in [-0.1, -0.05) is 19.1 Å². The van der Waals surface area contributed by atoms with Crippen LogP contribution >= 0.6 is 11.3 Å². The van der Waals surface area contributed by atoms with E-state index in [1.165, 1.54) is 0 Å². The number of ether oxygens (including phenoxy) is 1. The molecule has 0 spiro atoms. The Balaban J connectivity index is 1.74. The first-order valence-electron chi connectivity index (χ1n) is 7.35. The van der Waals surface area contributed by atoms with Gasteiger partial charge in [0.15, 0.2) is 5.82 Å². The molecular formula is C17H17N3OS. The molecule has 0 amide bonds. The van der Waals surface area contributed by atoms with Crippen molar-refractivity contribution < 1.29 is 4.74 Å². The van der Waals surface area contributed by atoms with E-state index in [0.29, 0.717) is 0 Å². The molecule has 4 rings (SSSR count). The summed E-state index contributed by atoms with van der Waals surface area (Å²) in [4.78, 5) is 9.44. The number of hydrogen-bond donors (Lipinski definition) is 1. The van der Waals surface area contributed by atoms with E-state index >= 15 is 0 Å². The molecule has 1 aromatic carbocycles. The van der Waals surface area contributed by atoms with E-state index in [-0.39, 0.29) is 5.41 Å². The zero-order chi connectivity index (χ0) is 15.0. The van der Waals surface area contributed by atoms with Crippen LogP contribution in [0.3, 0.4) is 0 Å². The van der Waals surface area contributed by atoms with Gasteiger partial charge < -0.3 is 10.1 Å². The summed E-state index contributed by atoms with van der Waals surface area (Å²) in [5.74, 6) is 1.68. The molecule has 0 unspecified atom stereocenters. The van der Waals surface area contributed by atoms with Gasteiger partial charge >= 0.3 is 0 Å². The van der Waals surface area contributed by atoms with Crippen molar-refractivity contribution in [2.75, 3.05) is 25.1 Å². The van der Waals surface area contributed by atoms with Gasteiger partial charge in [-0.25, -0.2) is 9.97 Å². The molecule has 2 aromatic heterocycles. The van der Waals surface area contributed by atoms with Crippen molar-refractivity contribution >= 4 is 28.1 Å². The molecule has 1 N–H and O–H groups in total. The van der Waals surface area contributed by atoms with Crippen LogP contribution in [-0.2, 0) is 4.74 Å². The molecule has 1 saturated heterocycles. The number of thiophene rings is 1. The number of aromatic nitrogens is 2. The van der Waals surface area contributed by atoms with Gasteiger partial charge in [-0.2, -0.15) is 11.3 Å². The molecule has 1 aliphatic rings. The topological polar surface area (TPSA) is 47.0 Å². The quantitative estimate of drug-likeness (QED) is 0.796. The molecule has 0 saturated carbocycles. The Morgan fingerprint density at radius 2 is 2.09 bits per heavy atom. The zero-order valence-electron chi connectivity index (χ0n) is 12.4. The Bertz CT molecular complexity index is 797. The van der Waals surface area contributed by atoms with E-state index in [4.69, 9.17) is 9.72 Å². The Morgan fingerprint density at radius 3 is 2.82 bits per heavy atom. The fraction of sp³-hybridized carbons (Fsp3) is 0.294. The fourth-order valence-corrected chi connectivity index (χ4v) is 3.22. The van der Waals surface area contributed by atoms with Crippen LogP contribution in [0.15, 0.2) is 41.1 Å². The van der Waals surface area contributed by atoms with Crippen LogP contribution < -0.4 is 5.32 Å². The molecule has 0 radical (unpaired) electrons. The number of fused-ring (bicyclic) bond motifs is 1. The van der Waals surface area contributed by atoms with Crippen LogP contribution in [0.1, 0.15) is 6.92 Å². The molecular weight excluding hydrogens is 294 g/mol. The highest BCUT2D eigenvalue weighted by atomic mass is 32.1. The van der Waals surface area contributed by atoms with Crippen LogP contribution in [0.25, 0.3) is 22.3 Å². The van der Waals surface area contributed by atoms with Gasteiger partial charge in [0.2, 0.25) is 0 Å². The van der Waals surface area contributed by atoms with Gasteiger partial charge in [0.1, 0.15) is 5.82 Å². The van der Waals surface area contributed by atoms with E-state index in [0.717, 1.165) is 47.9 Å². The first-order chi connectivity index (χ1) is 10.7. The van der Waals surface area contributed by atoms with E-state index in [1.54, 1.807) is 11.3 Å². The fourth-order valence-electron chi connectivity index (χ4n) is 2.58. The number of nitrogens with one attached hydrogen (secondary N) is 1. The van der Waals surface area contributed by atoms with Crippen molar-refractivity contribution in [3.8, 4) is 11.4 Å². The number of nitrogens with zero attached hydrogens (tertiary/aromatic N) is 2. The minimum atomic E-state index is 0.203. The second-order valence-corrected chi connectivity index (χ2v) is 6.86. The molecule has 1 aliphatic heterocycles. The lowest BCUT2D eigenvalue weighted by atomic mass is 9.89. The molecule has 0 atom stereocenters. The van der Waals surface area contributed by atoms with Gasteiger partial charge in [-0.15, -0.1) is 0 Å². The van der Waals surface area contributed by atoms with E-state index < -0.39 is 0 Å². The predicted octanol–water partition coefficient (Wildman–Crippen LogP) is 3.81. The summed E-state index contributed by atoms with van der Waals surface area (Å²) in [5.41, 5.74) is 2.24. The van der Waals surface area contributed by atoms with Crippen molar-refractivity contribution in [2.45, 2.75) is 6.92 Å². The normalized spacial score (nSPS) is 16.4. The van der Waals surface area contributed by atoms with Crippen LogP contribution in [0.2, 0.25) is 0 Å². The Morgan fingerprint density at radius 1 is 1.23 bits per heavy atom. The van der Waals surface area contributed by atoms with E-state index in [9.17, 15) is 0 Å². The van der Waals surface area contributed by atoms with Gasteiger partial charge in [0.25, 0.3) is 0 Å². The SMILES string of the molecule is CC1(CNc2nc(-c3ccsc3)nc3ccccc23)COC1. The summed E-state index contributed by atoms with van der Waals surface area (Å²) in [6, 6.07) is 10.2. The first-order valence-corrected chi connectivity index (χ1v) is 8.29. The van der Waals surface area contributed by atoms with Crippen LogP contribution in [-0.4, -0.2) is 29.7 Å². The van der Waals surface area contributed by atoms with Crippen molar-refractivity contribution in [1.29, 1.82) is 0 Å². The average molecular weight is 311 g/mol. The molecule has 0 aliphatic carbocycles. The van der Waals surface area contributed by atoms with Gasteiger partial charge in [0, 0.05) is 28.3 Å². The highest BCUT2D eigenvalue weighted by molar-refractivity contribution is 7.08. The van der Waals surface area contributed by atoms with E-state index in [1.807, 2.05) is 23.6 Å². The van der Waals surface area contributed by atoms with Gasteiger partial charge in [-0.05, 0) is 23.6 Å². The van der Waals surface area contributed by atoms with Crippen molar-refractivity contribution in [3.05, 3.63) is 41.1 Å². The van der Waals surface area contributed by atoms with Gasteiger partial charge in [-0.3, -0.25) is 0 Å². The molecule has 112 valence electrons. The Kier molecular flexibility index (Phi) is 3.32. The van der Waals surface area contributed by atoms with Crippen LogP contribution in [0, 0.1) is 5.41 Å². The third-order valence-electron chi connectivity index (χ3n) is 3.97. The number of anilines is 1. The van der Waals surface area contributed by atoms with Gasteiger partial charge in [0.05, 0.1) is 18.7 Å². The molecule has 22 heavy (non-hydrogen) atoms. The number of benzene rings is 1. The number of para-hydroxylation sites is 1.